The van der Waals surface area contributed by atoms with Gasteiger partial charge in [-0.3, -0.25) is 23.7 Å². The van der Waals surface area contributed by atoms with Crippen molar-refractivity contribution in [2.45, 2.75) is 13.1 Å². The van der Waals surface area contributed by atoms with Crippen LogP contribution in [0.2, 0.25) is 0 Å². The van der Waals surface area contributed by atoms with Gasteiger partial charge in [0.25, 0.3) is 5.56 Å². The molecule has 0 saturated carbocycles. The molecule has 0 aliphatic heterocycles. The highest BCUT2D eigenvalue weighted by molar-refractivity contribution is 5.93. The minimum atomic E-state index is -0.638. The molecule has 0 fully saturated rings. The summed E-state index contributed by atoms with van der Waals surface area (Å²) in [6.45, 7) is -0.346. The Bertz CT molecular complexity index is 1440. The minimum absolute atomic E-state index is 0.00533. The molecule has 0 saturated heterocycles. The average Bonchev–Trinajstić information content (AvgIpc) is 2.85. The van der Waals surface area contributed by atoms with Gasteiger partial charge >= 0.3 is 11.7 Å². The number of methoxy groups -OCH3 is 1. The third kappa shape index (κ3) is 4.54. The van der Waals surface area contributed by atoms with Gasteiger partial charge < -0.3 is 10.1 Å². The Kier molecular flexibility index (Phi) is 6.07. The highest BCUT2D eigenvalue weighted by Gasteiger charge is 2.17. The van der Waals surface area contributed by atoms with Crippen molar-refractivity contribution in [3.63, 3.8) is 0 Å². The summed E-state index contributed by atoms with van der Waals surface area (Å²) >= 11 is 0. The smallest absolute Gasteiger partial charge is 0.337 e. The molecule has 1 N–H and O–H groups in total. The zero-order valence-electron chi connectivity index (χ0n) is 17.6. The number of rotatable bonds is 6. The summed E-state index contributed by atoms with van der Waals surface area (Å²) in [5.41, 5.74) is 0.587. The number of nitrogens with zero attached hydrogens (tertiary/aromatic N) is 4. The van der Waals surface area contributed by atoms with Gasteiger partial charge in [0.1, 0.15) is 6.54 Å². The molecule has 10 nitrogen and oxygen atoms in total. The highest BCUT2D eigenvalue weighted by atomic mass is 16.5. The number of carbonyl (C=O) groups excluding carboxylic acids is 2. The molecule has 33 heavy (non-hydrogen) atoms. The van der Waals surface area contributed by atoms with Crippen molar-refractivity contribution in [1.82, 2.24) is 19.1 Å². The molecule has 0 aliphatic rings. The number of ether oxygens (including phenoxy) is 1. The van der Waals surface area contributed by atoms with E-state index in [9.17, 15) is 19.2 Å². The van der Waals surface area contributed by atoms with Crippen LogP contribution >= 0.6 is 0 Å². The maximum absolute atomic E-state index is 13.2. The molecule has 0 aliphatic carbocycles. The summed E-state index contributed by atoms with van der Waals surface area (Å²) in [5.74, 6) is -0.978. The number of carbonyl (C=O) groups is 2. The van der Waals surface area contributed by atoms with E-state index in [2.05, 4.69) is 20.0 Å². The number of amides is 1. The lowest BCUT2D eigenvalue weighted by molar-refractivity contribution is -0.116. The van der Waals surface area contributed by atoms with E-state index in [1.54, 1.807) is 48.8 Å². The fourth-order valence-corrected chi connectivity index (χ4v) is 3.36. The first-order valence-electron chi connectivity index (χ1n) is 9.93. The van der Waals surface area contributed by atoms with Crippen molar-refractivity contribution in [1.29, 1.82) is 0 Å². The highest BCUT2D eigenvalue weighted by Crippen LogP contribution is 2.11. The summed E-state index contributed by atoms with van der Waals surface area (Å²) in [5, 5.41) is 2.68. The van der Waals surface area contributed by atoms with E-state index in [0.717, 1.165) is 4.57 Å². The number of nitrogens with one attached hydrogen (secondary N) is 1. The predicted molar refractivity (Wildman–Crippen MR) is 120 cm³/mol. The average molecular weight is 445 g/mol. The number of aromatic nitrogens is 4. The fourth-order valence-electron chi connectivity index (χ4n) is 3.36. The molecule has 1 aromatic carbocycles. The number of pyridine rings is 2. The number of anilines is 1. The number of benzene rings is 1. The Labute approximate surface area is 187 Å². The van der Waals surface area contributed by atoms with Crippen LogP contribution in [0.3, 0.4) is 0 Å². The predicted octanol–water partition coefficient (Wildman–Crippen LogP) is 1.43. The molecule has 3 aromatic heterocycles. The Morgan fingerprint density at radius 2 is 1.76 bits per heavy atom. The molecule has 10 heteroatoms. The number of hydrogen-bond donors (Lipinski definition) is 1. The van der Waals surface area contributed by atoms with Crippen LogP contribution in [0.4, 0.5) is 5.69 Å². The molecule has 0 atom stereocenters. The zero-order valence-corrected chi connectivity index (χ0v) is 17.6. The summed E-state index contributed by atoms with van der Waals surface area (Å²) in [7, 11) is 1.28. The van der Waals surface area contributed by atoms with Crippen molar-refractivity contribution < 1.29 is 14.3 Å². The van der Waals surface area contributed by atoms with Gasteiger partial charge in [-0.1, -0.05) is 6.07 Å². The van der Waals surface area contributed by atoms with Crippen LogP contribution in [0.15, 0.2) is 76.7 Å². The van der Waals surface area contributed by atoms with E-state index in [-0.39, 0.29) is 24.1 Å². The second kappa shape index (κ2) is 9.27. The molecular formula is C23H19N5O5. The lowest BCUT2D eigenvalue weighted by Gasteiger charge is -2.14. The van der Waals surface area contributed by atoms with Gasteiger partial charge in [0.15, 0.2) is 5.52 Å². The Morgan fingerprint density at radius 3 is 2.45 bits per heavy atom. The van der Waals surface area contributed by atoms with Gasteiger partial charge in [0.2, 0.25) is 5.91 Å². The van der Waals surface area contributed by atoms with Gasteiger partial charge in [0.05, 0.1) is 24.7 Å². The maximum atomic E-state index is 13.2. The standard InChI is InChI=1S/C23H19N5O5/c1-33-22(31)16-6-8-17(9-7-16)26-19(29)14-27-18-5-3-11-25-20(18)21(30)28(23(27)32)13-15-4-2-10-24-12-15/h2-12H,13-14H2,1H3,(H,26,29). The molecule has 1 amide bonds. The van der Waals surface area contributed by atoms with E-state index in [1.807, 2.05) is 0 Å². The third-order valence-corrected chi connectivity index (χ3v) is 4.94. The van der Waals surface area contributed by atoms with Crippen LogP contribution in [0.5, 0.6) is 0 Å². The molecule has 0 spiro atoms. The first kappa shape index (κ1) is 21.6. The summed E-state index contributed by atoms with van der Waals surface area (Å²) in [6.07, 6.45) is 4.61. The lowest BCUT2D eigenvalue weighted by Crippen LogP contribution is -2.42. The fraction of sp³-hybridized carbons (Fsp3) is 0.130. The van der Waals surface area contributed by atoms with E-state index in [4.69, 9.17) is 0 Å². The molecule has 3 heterocycles. The molecule has 4 rings (SSSR count). The Hall–Kier alpha value is -4.60. The van der Waals surface area contributed by atoms with E-state index >= 15 is 0 Å². The Balaban J connectivity index is 1.67. The molecule has 0 bridgehead atoms. The molecule has 166 valence electrons. The van der Waals surface area contributed by atoms with E-state index in [1.165, 1.54) is 30.0 Å². The molecule has 4 aromatic rings. The van der Waals surface area contributed by atoms with Crippen molar-refractivity contribution in [3.8, 4) is 0 Å². The quantitative estimate of drug-likeness (QED) is 0.445. The first-order chi connectivity index (χ1) is 16.0. The van der Waals surface area contributed by atoms with E-state index < -0.39 is 23.1 Å². The molecule has 0 unspecified atom stereocenters. The van der Waals surface area contributed by atoms with Crippen molar-refractivity contribution in [2.24, 2.45) is 0 Å². The zero-order chi connectivity index (χ0) is 23.4. The maximum Gasteiger partial charge on any atom is 0.337 e. The second-order valence-electron chi connectivity index (χ2n) is 7.11. The summed E-state index contributed by atoms with van der Waals surface area (Å²) < 4.78 is 6.89. The normalized spacial score (nSPS) is 10.7. The number of hydrogen-bond acceptors (Lipinski definition) is 7. The van der Waals surface area contributed by atoms with Crippen LogP contribution in [0, 0.1) is 0 Å². The van der Waals surface area contributed by atoms with Crippen LogP contribution < -0.4 is 16.6 Å². The summed E-state index contributed by atoms with van der Waals surface area (Å²) in [4.78, 5) is 58.5. The van der Waals surface area contributed by atoms with Crippen molar-refractivity contribution >= 4 is 28.6 Å². The van der Waals surface area contributed by atoms with Gasteiger partial charge in [-0.2, -0.15) is 0 Å². The minimum Gasteiger partial charge on any atom is -0.465 e. The topological polar surface area (TPSA) is 125 Å². The molecular weight excluding hydrogens is 426 g/mol. The van der Waals surface area contributed by atoms with Crippen LogP contribution in [-0.4, -0.2) is 38.1 Å². The largest absolute Gasteiger partial charge is 0.465 e. The van der Waals surface area contributed by atoms with Crippen LogP contribution in [0.1, 0.15) is 15.9 Å². The number of esters is 1. The lowest BCUT2D eigenvalue weighted by atomic mass is 10.2. The van der Waals surface area contributed by atoms with E-state index in [0.29, 0.717) is 16.8 Å². The van der Waals surface area contributed by atoms with Crippen LogP contribution in [0.25, 0.3) is 11.0 Å². The third-order valence-electron chi connectivity index (χ3n) is 4.94. The van der Waals surface area contributed by atoms with Gasteiger partial charge in [-0.05, 0) is 48.0 Å². The van der Waals surface area contributed by atoms with Gasteiger partial charge in [0, 0.05) is 24.3 Å². The van der Waals surface area contributed by atoms with Crippen LogP contribution in [-0.2, 0) is 22.6 Å². The Morgan fingerprint density at radius 1 is 1.00 bits per heavy atom. The van der Waals surface area contributed by atoms with Crippen molar-refractivity contribution in [2.75, 3.05) is 12.4 Å². The SMILES string of the molecule is COC(=O)c1ccc(NC(=O)Cn2c(=O)n(Cc3cccnc3)c(=O)c3ncccc32)cc1. The van der Waals surface area contributed by atoms with Crippen molar-refractivity contribution in [3.05, 3.63) is 99.1 Å². The molecule has 0 radical (unpaired) electrons. The summed E-state index contributed by atoms with van der Waals surface area (Å²) in [6, 6.07) is 12.7. The monoisotopic (exact) mass is 445 g/mol. The number of fused-ring (bicyclic) bond motifs is 1. The first-order valence-corrected chi connectivity index (χ1v) is 9.93. The second-order valence-corrected chi connectivity index (χ2v) is 7.11. The van der Waals surface area contributed by atoms with Gasteiger partial charge in [-0.15, -0.1) is 0 Å². The van der Waals surface area contributed by atoms with Gasteiger partial charge in [-0.25, -0.2) is 14.6 Å².